The molecular formula is C23H26N2O3. The van der Waals surface area contributed by atoms with Crippen LogP contribution in [-0.4, -0.2) is 30.0 Å². The lowest BCUT2D eigenvalue weighted by atomic mass is 10.0. The molecule has 0 aliphatic carbocycles. The number of amides is 2. The number of carbonyl (C=O) groups is 2. The maximum atomic E-state index is 13.0. The van der Waals surface area contributed by atoms with Crippen molar-refractivity contribution < 1.29 is 14.3 Å². The van der Waals surface area contributed by atoms with Crippen LogP contribution >= 0.6 is 0 Å². The Morgan fingerprint density at radius 2 is 1.68 bits per heavy atom. The third-order valence-corrected chi connectivity index (χ3v) is 4.33. The van der Waals surface area contributed by atoms with Crippen molar-refractivity contribution >= 4 is 12.0 Å². The summed E-state index contributed by atoms with van der Waals surface area (Å²) in [6.45, 7) is 7.66. The van der Waals surface area contributed by atoms with Crippen LogP contribution in [0.25, 0.3) is 0 Å². The highest BCUT2D eigenvalue weighted by Gasteiger charge is 2.27. The van der Waals surface area contributed by atoms with Gasteiger partial charge in [-0.05, 0) is 17.5 Å². The van der Waals surface area contributed by atoms with E-state index < -0.39 is 12.1 Å². The van der Waals surface area contributed by atoms with Gasteiger partial charge in [-0.3, -0.25) is 4.79 Å². The van der Waals surface area contributed by atoms with Crippen LogP contribution in [-0.2, 0) is 16.1 Å². The van der Waals surface area contributed by atoms with E-state index in [1.165, 1.54) is 0 Å². The predicted octanol–water partition coefficient (Wildman–Crippen LogP) is 4.24. The first-order valence-corrected chi connectivity index (χ1v) is 9.09. The van der Waals surface area contributed by atoms with Crippen molar-refractivity contribution in [1.29, 1.82) is 0 Å². The van der Waals surface area contributed by atoms with E-state index in [0.717, 1.165) is 11.1 Å². The summed E-state index contributed by atoms with van der Waals surface area (Å²) in [5, 5.41) is 2.64. The second-order valence-electron chi connectivity index (χ2n) is 6.32. The zero-order chi connectivity index (χ0) is 20.4. The molecule has 5 heteroatoms. The number of benzene rings is 2. The van der Waals surface area contributed by atoms with Crippen LogP contribution in [0.3, 0.4) is 0 Å². The lowest BCUT2D eigenvalue weighted by molar-refractivity contribution is -0.133. The first-order chi connectivity index (χ1) is 13.6. The van der Waals surface area contributed by atoms with Crippen molar-refractivity contribution in [2.75, 3.05) is 7.05 Å². The van der Waals surface area contributed by atoms with Crippen LogP contribution in [0.1, 0.15) is 23.6 Å². The van der Waals surface area contributed by atoms with E-state index in [9.17, 15) is 9.59 Å². The van der Waals surface area contributed by atoms with E-state index in [0.29, 0.717) is 6.42 Å². The molecule has 0 aliphatic heterocycles. The Morgan fingerprint density at radius 1 is 1.07 bits per heavy atom. The van der Waals surface area contributed by atoms with Crippen LogP contribution in [0.4, 0.5) is 4.79 Å². The number of carbonyl (C=O) groups excluding carboxylic acids is 2. The Labute approximate surface area is 166 Å². The first-order valence-electron chi connectivity index (χ1n) is 9.09. The van der Waals surface area contributed by atoms with Crippen LogP contribution in [0.5, 0.6) is 0 Å². The van der Waals surface area contributed by atoms with Gasteiger partial charge in [0.1, 0.15) is 12.6 Å². The average molecular weight is 378 g/mol. The SMILES string of the molecule is C=CC[C@H](NC(=O)OCc1ccccc1)C(=O)N(C)C(C=C)c1ccccc1. The van der Waals surface area contributed by atoms with E-state index in [4.69, 9.17) is 4.74 Å². The molecule has 2 aromatic carbocycles. The van der Waals surface area contributed by atoms with Gasteiger partial charge in [-0.2, -0.15) is 0 Å². The molecule has 0 aliphatic rings. The molecule has 2 aromatic rings. The third kappa shape index (κ3) is 5.84. The third-order valence-electron chi connectivity index (χ3n) is 4.33. The van der Waals surface area contributed by atoms with Gasteiger partial charge >= 0.3 is 6.09 Å². The number of ether oxygens (including phenoxy) is 1. The number of alkyl carbamates (subject to hydrolysis) is 1. The molecule has 0 heterocycles. The summed E-state index contributed by atoms with van der Waals surface area (Å²) in [5.41, 5.74) is 1.81. The van der Waals surface area contributed by atoms with E-state index in [-0.39, 0.29) is 18.6 Å². The number of hydrogen-bond acceptors (Lipinski definition) is 3. The van der Waals surface area contributed by atoms with Gasteiger partial charge in [-0.25, -0.2) is 4.79 Å². The molecule has 146 valence electrons. The molecule has 0 fully saturated rings. The van der Waals surface area contributed by atoms with Crippen molar-refractivity contribution in [1.82, 2.24) is 10.2 Å². The minimum absolute atomic E-state index is 0.136. The smallest absolute Gasteiger partial charge is 0.408 e. The van der Waals surface area contributed by atoms with Crippen molar-refractivity contribution in [3.8, 4) is 0 Å². The van der Waals surface area contributed by atoms with E-state index >= 15 is 0 Å². The largest absolute Gasteiger partial charge is 0.445 e. The number of hydrogen-bond donors (Lipinski definition) is 1. The standard InChI is InChI=1S/C23H26N2O3/c1-4-12-20(24-23(27)28-17-18-13-8-6-9-14-18)22(26)25(3)21(5-2)19-15-10-7-11-16-19/h4-11,13-16,20-21H,1-2,12,17H2,3H3,(H,24,27)/t20-,21?/m0/s1. The molecule has 0 saturated carbocycles. The molecule has 1 N–H and O–H groups in total. The maximum absolute atomic E-state index is 13.0. The van der Waals surface area contributed by atoms with Crippen LogP contribution < -0.4 is 5.32 Å². The van der Waals surface area contributed by atoms with Gasteiger partial charge in [-0.1, -0.05) is 72.8 Å². The van der Waals surface area contributed by atoms with Gasteiger partial charge < -0.3 is 15.0 Å². The monoisotopic (exact) mass is 378 g/mol. The van der Waals surface area contributed by atoms with Gasteiger partial charge in [0.2, 0.25) is 5.91 Å². The predicted molar refractivity (Wildman–Crippen MR) is 111 cm³/mol. The fourth-order valence-electron chi connectivity index (χ4n) is 2.85. The van der Waals surface area contributed by atoms with Crippen molar-refractivity contribution in [2.24, 2.45) is 0 Å². The fourth-order valence-corrected chi connectivity index (χ4v) is 2.85. The summed E-state index contributed by atoms with van der Waals surface area (Å²) in [5.74, 6) is -0.245. The lowest BCUT2D eigenvalue weighted by Crippen LogP contribution is -2.48. The van der Waals surface area contributed by atoms with Gasteiger partial charge in [0, 0.05) is 7.05 Å². The molecular weight excluding hydrogens is 352 g/mol. The van der Waals surface area contributed by atoms with Gasteiger partial charge in [0.25, 0.3) is 0 Å². The van der Waals surface area contributed by atoms with Crippen molar-refractivity contribution in [3.05, 3.63) is 97.1 Å². The Morgan fingerprint density at radius 3 is 2.25 bits per heavy atom. The Hall–Kier alpha value is -3.34. The zero-order valence-corrected chi connectivity index (χ0v) is 16.1. The highest BCUT2D eigenvalue weighted by molar-refractivity contribution is 5.86. The molecule has 0 saturated heterocycles. The van der Waals surface area contributed by atoms with Crippen molar-refractivity contribution in [3.63, 3.8) is 0 Å². The molecule has 0 aromatic heterocycles. The zero-order valence-electron chi connectivity index (χ0n) is 16.1. The topological polar surface area (TPSA) is 58.6 Å². The molecule has 0 bridgehead atoms. The van der Waals surface area contributed by atoms with Gasteiger partial charge in [0.05, 0.1) is 6.04 Å². The molecule has 1 unspecified atom stereocenters. The second-order valence-corrected chi connectivity index (χ2v) is 6.32. The summed E-state index contributed by atoms with van der Waals surface area (Å²) in [6, 6.07) is 17.9. The Kier molecular flexibility index (Phi) is 8.03. The highest BCUT2D eigenvalue weighted by atomic mass is 16.5. The van der Waals surface area contributed by atoms with Crippen LogP contribution in [0.2, 0.25) is 0 Å². The number of nitrogens with one attached hydrogen (secondary N) is 1. The summed E-state index contributed by atoms with van der Waals surface area (Å²) in [7, 11) is 1.69. The van der Waals surface area contributed by atoms with E-state index in [1.807, 2.05) is 60.7 Å². The lowest BCUT2D eigenvalue weighted by Gasteiger charge is -2.29. The normalized spacial score (nSPS) is 12.3. The molecule has 28 heavy (non-hydrogen) atoms. The molecule has 5 nitrogen and oxygen atoms in total. The molecule has 2 atom stereocenters. The quantitative estimate of drug-likeness (QED) is 0.664. The minimum atomic E-state index is -0.767. The molecule has 0 radical (unpaired) electrons. The highest BCUT2D eigenvalue weighted by Crippen LogP contribution is 2.21. The summed E-state index contributed by atoms with van der Waals surface area (Å²) >= 11 is 0. The van der Waals surface area contributed by atoms with Crippen LogP contribution in [0.15, 0.2) is 86.0 Å². The van der Waals surface area contributed by atoms with Gasteiger partial charge in [0.15, 0.2) is 0 Å². The van der Waals surface area contributed by atoms with Gasteiger partial charge in [-0.15, -0.1) is 13.2 Å². The minimum Gasteiger partial charge on any atom is -0.445 e. The Bertz CT molecular complexity index is 790. The summed E-state index contributed by atoms with van der Waals surface area (Å²) < 4.78 is 5.23. The fraction of sp³-hybridized carbons (Fsp3) is 0.217. The first kappa shape index (κ1) is 21.0. The van der Waals surface area contributed by atoms with E-state index in [2.05, 4.69) is 18.5 Å². The number of rotatable bonds is 9. The molecule has 0 spiro atoms. The van der Waals surface area contributed by atoms with Crippen LogP contribution in [0, 0.1) is 0 Å². The summed E-state index contributed by atoms with van der Waals surface area (Å²) in [4.78, 5) is 26.7. The second kappa shape index (κ2) is 10.7. The van der Waals surface area contributed by atoms with E-state index in [1.54, 1.807) is 24.1 Å². The average Bonchev–Trinajstić information content (AvgIpc) is 2.73. The molecule has 2 amide bonds. The maximum Gasteiger partial charge on any atom is 0.408 e. The Balaban J connectivity index is 2.02. The summed E-state index contributed by atoms with van der Waals surface area (Å²) in [6.07, 6.45) is 2.94. The number of nitrogens with zero attached hydrogens (tertiary/aromatic N) is 1. The number of likely N-dealkylation sites (N-methyl/N-ethyl adjacent to an activating group) is 1. The van der Waals surface area contributed by atoms with Crippen molar-refractivity contribution in [2.45, 2.75) is 25.1 Å². The molecule has 2 rings (SSSR count).